The van der Waals surface area contributed by atoms with E-state index in [1.54, 1.807) is 12.1 Å². The number of hydrogen-bond acceptors (Lipinski definition) is 3. The molecule has 120 valence electrons. The number of hydrogen-bond donors (Lipinski definition) is 2. The van der Waals surface area contributed by atoms with E-state index in [2.05, 4.69) is 26.0 Å². The molecule has 1 aromatic carbocycles. The molecule has 0 atom stereocenters. The van der Waals surface area contributed by atoms with Gasteiger partial charge in [-0.2, -0.15) is 0 Å². The van der Waals surface area contributed by atoms with E-state index in [9.17, 15) is 8.42 Å². The zero-order chi connectivity index (χ0) is 16.1. The van der Waals surface area contributed by atoms with Gasteiger partial charge in [0, 0.05) is 16.6 Å². The van der Waals surface area contributed by atoms with Gasteiger partial charge in [-0.25, -0.2) is 13.1 Å². The Morgan fingerprint density at radius 2 is 1.90 bits per heavy atom. The Balaban J connectivity index is 3.07. The van der Waals surface area contributed by atoms with E-state index in [0.717, 1.165) is 24.9 Å². The minimum atomic E-state index is -3.54. The molecule has 0 bridgehead atoms. The normalized spacial score (nSPS) is 12.6. The fraction of sp³-hybridized carbons (Fsp3) is 0.600. The summed E-state index contributed by atoms with van der Waals surface area (Å²) in [7, 11) is -3.54. The summed E-state index contributed by atoms with van der Waals surface area (Å²) in [5.41, 5.74) is 0.499. The summed E-state index contributed by atoms with van der Waals surface area (Å²) in [6, 6.07) is 5.42. The third-order valence-electron chi connectivity index (χ3n) is 3.15. The molecule has 2 N–H and O–H groups in total. The lowest BCUT2D eigenvalue weighted by atomic mass is 10.0. The quantitative estimate of drug-likeness (QED) is 0.730. The Morgan fingerprint density at radius 1 is 1.24 bits per heavy atom. The van der Waals surface area contributed by atoms with Crippen molar-refractivity contribution in [1.29, 1.82) is 0 Å². The van der Waals surface area contributed by atoms with Crippen LogP contribution in [0.15, 0.2) is 27.6 Å². The highest BCUT2D eigenvalue weighted by atomic mass is 79.9. The van der Waals surface area contributed by atoms with Crippen molar-refractivity contribution in [3.8, 4) is 0 Å². The molecule has 0 amide bonds. The summed E-state index contributed by atoms with van der Waals surface area (Å²) in [6.45, 7) is 9.38. The molecule has 0 saturated carbocycles. The van der Waals surface area contributed by atoms with Crippen molar-refractivity contribution in [1.82, 2.24) is 10.0 Å². The van der Waals surface area contributed by atoms with E-state index in [1.807, 2.05) is 33.8 Å². The van der Waals surface area contributed by atoms with Crippen LogP contribution in [0, 0.1) is 0 Å². The second-order valence-corrected chi connectivity index (χ2v) is 8.29. The van der Waals surface area contributed by atoms with Gasteiger partial charge >= 0.3 is 0 Å². The summed E-state index contributed by atoms with van der Waals surface area (Å²) in [6.07, 6.45) is 1.72. The van der Waals surface area contributed by atoms with Crippen molar-refractivity contribution in [3.05, 3.63) is 28.2 Å². The Hall–Kier alpha value is -0.430. The Kier molecular flexibility index (Phi) is 6.84. The van der Waals surface area contributed by atoms with E-state index in [0.29, 0.717) is 15.9 Å². The lowest BCUT2D eigenvalue weighted by Gasteiger charge is -2.25. The van der Waals surface area contributed by atoms with E-state index >= 15 is 0 Å². The molecule has 0 radical (unpaired) electrons. The predicted octanol–water partition coefficient (Wildman–Crippen LogP) is 3.42. The first-order valence-corrected chi connectivity index (χ1v) is 9.52. The van der Waals surface area contributed by atoms with Gasteiger partial charge in [0.25, 0.3) is 0 Å². The zero-order valence-corrected chi connectivity index (χ0v) is 15.6. The number of sulfonamides is 1. The Labute approximate surface area is 136 Å². The topological polar surface area (TPSA) is 58.2 Å². The van der Waals surface area contributed by atoms with Gasteiger partial charge in [0.05, 0.1) is 4.90 Å². The van der Waals surface area contributed by atoms with Crippen LogP contribution in [-0.4, -0.2) is 20.5 Å². The van der Waals surface area contributed by atoms with Crippen LogP contribution in [0.3, 0.4) is 0 Å². The van der Waals surface area contributed by atoms with Crippen LogP contribution in [0.2, 0.25) is 0 Å². The molecule has 0 fully saturated rings. The van der Waals surface area contributed by atoms with Crippen LogP contribution >= 0.6 is 15.9 Å². The molecule has 0 aliphatic carbocycles. The molecular weight excluding hydrogens is 352 g/mol. The first kappa shape index (κ1) is 18.6. The van der Waals surface area contributed by atoms with Crippen LogP contribution in [0.25, 0.3) is 0 Å². The van der Waals surface area contributed by atoms with Gasteiger partial charge in [-0.1, -0.05) is 26.3 Å². The van der Waals surface area contributed by atoms with Crippen LogP contribution in [-0.2, 0) is 16.6 Å². The highest BCUT2D eigenvalue weighted by Gasteiger charge is 2.27. The Morgan fingerprint density at radius 3 is 2.48 bits per heavy atom. The van der Waals surface area contributed by atoms with Gasteiger partial charge in [-0.3, -0.25) is 0 Å². The molecule has 0 aromatic heterocycles. The van der Waals surface area contributed by atoms with Crippen LogP contribution < -0.4 is 10.0 Å². The van der Waals surface area contributed by atoms with E-state index in [1.165, 1.54) is 0 Å². The van der Waals surface area contributed by atoms with Crippen LogP contribution in [0.4, 0.5) is 0 Å². The number of benzene rings is 1. The molecule has 21 heavy (non-hydrogen) atoms. The third kappa shape index (κ3) is 5.70. The van der Waals surface area contributed by atoms with E-state index in [4.69, 9.17) is 0 Å². The van der Waals surface area contributed by atoms with Gasteiger partial charge < -0.3 is 5.32 Å². The summed E-state index contributed by atoms with van der Waals surface area (Å²) < 4.78 is 28.6. The molecule has 0 saturated heterocycles. The maximum Gasteiger partial charge on any atom is 0.242 e. The lowest BCUT2D eigenvalue weighted by Crippen LogP contribution is -2.43. The van der Waals surface area contributed by atoms with Crippen molar-refractivity contribution in [2.45, 2.75) is 57.5 Å². The molecule has 0 heterocycles. The smallest absolute Gasteiger partial charge is 0.242 e. The predicted molar refractivity (Wildman–Crippen MR) is 90.8 cm³/mol. The average molecular weight is 377 g/mol. The van der Waals surface area contributed by atoms with Gasteiger partial charge in [0.15, 0.2) is 0 Å². The molecule has 4 nitrogen and oxygen atoms in total. The van der Waals surface area contributed by atoms with Gasteiger partial charge in [-0.15, -0.1) is 0 Å². The molecule has 0 aliphatic rings. The standard InChI is InChI=1S/C15H25BrN2O2S/c1-5-9-15(3,4)18-21(19,20)14-10-12(11-17-6-2)7-8-13(14)16/h7-8,10,17-18H,5-6,9,11H2,1-4H3. The average Bonchev–Trinajstić information content (AvgIpc) is 2.36. The lowest BCUT2D eigenvalue weighted by molar-refractivity contribution is 0.417. The first-order chi connectivity index (χ1) is 9.72. The van der Waals surface area contributed by atoms with E-state index in [-0.39, 0.29) is 0 Å². The molecule has 1 rings (SSSR count). The fourth-order valence-electron chi connectivity index (χ4n) is 2.23. The number of halogens is 1. The number of nitrogens with one attached hydrogen (secondary N) is 2. The molecule has 0 aliphatic heterocycles. The highest BCUT2D eigenvalue weighted by molar-refractivity contribution is 9.10. The molecule has 6 heteroatoms. The van der Waals surface area contributed by atoms with Gasteiger partial charge in [-0.05, 0) is 60.4 Å². The minimum absolute atomic E-state index is 0.294. The molecule has 0 unspecified atom stereocenters. The summed E-state index contributed by atoms with van der Waals surface area (Å²) in [4.78, 5) is 0.294. The second kappa shape index (κ2) is 7.72. The van der Waals surface area contributed by atoms with Crippen molar-refractivity contribution in [2.24, 2.45) is 0 Å². The van der Waals surface area contributed by atoms with Gasteiger partial charge in [0.1, 0.15) is 0 Å². The van der Waals surface area contributed by atoms with Gasteiger partial charge in [0.2, 0.25) is 10.0 Å². The summed E-state index contributed by atoms with van der Waals surface area (Å²) in [5.74, 6) is 0. The maximum absolute atomic E-state index is 12.6. The summed E-state index contributed by atoms with van der Waals surface area (Å²) in [5, 5.41) is 3.20. The van der Waals surface area contributed by atoms with Crippen molar-refractivity contribution < 1.29 is 8.42 Å². The Bertz CT molecular complexity index is 571. The molecule has 1 aromatic rings. The number of rotatable bonds is 8. The maximum atomic E-state index is 12.6. The second-order valence-electron chi connectivity index (χ2n) is 5.78. The zero-order valence-electron chi connectivity index (χ0n) is 13.2. The molecule has 0 spiro atoms. The SMILES string of the molecule is CCCC(C)(C)NS(=O)(=O)c1cc(CNCC)ccc1Br. The van der Waals surface area contributed by atoms with Crippen LogP contribution in [0.5, 0.6) is 0 Å². The largest absolute Gasteiger partial charge is 0.313 e. The molecular formula is C15H25BrN2O2S. The monoisotopic (exact) mass is 376 g/mol. The van der Waals surface area contributed by atoms with Crippen molar-refractivity contribution >= 4 is 26.0 Å². The fourth-order valence-corrected chi connectivity index (χ4v) is 4.68. The highest BCUT2D eigenvalue weighted by Crippen LogP contribution is 2.25. The van der Waals surface area contributed by atoms with E-state index < -0.39 is 15.6 Å². The minimum Gasteiger partial charge on any atom is -0.313 e. The summed E-state index contributed by atoms with van der Waals surface area (Å²) >= 11 is 3.34. The van der Waals surface area contributed by atoms with Crippen LogP contribution in [0.1, 0.15) is 46.1 Å². The first-order valence-electron chi connectivity index (χ1n) is 7.25. The van der Waals surface area contributed by atoms with Crippen molar-refractivity contribution in [2.75, 3.05) is 6.54 Å². The van der Waals surface area contributed by atoms with Crippen molar-refractivity contribution in [3.63, 3.8) is 0 Å². The third-order valence-corrected chi connectivity index (χ3v) is 5.84.